The van der Waals surface area contributed by atoms with Gasteiger partial charge in [0.15, 0.2) is 0 Å². The van der Waals surface area contributed by atoms with Gasteiger partial charge in [-0.05, 0) is 60.8 Å². The molecule has 0 N–H and O–H groups in total. The van der Waals surface area contributed by atoms with Crippen molar-refractivity contribution >= 4 is 27.5 Å². The van der Waals surface area contributed by atoms with Crippen molar-refractivity contribution in [1.82, 2.24) is 9.55 Å². The number of ether oxygens (including phenoxy) is 1. The Morgan fingerprint density at radius 1 is 1.33 bits per heavy atom. The van der Waals surface area contributed by atoms with Crippen LogP contribution >= 0.6 is 11.3 Å². The molecule has 1 aliphatic carbocycles. The highest BCUT2D eigenvalue weighted by atomic mass is 32.1. The van der Waals surface area contributed by atoms with Crippen molar-refractivity contribution < 1.29 is 9.53 Å². The van der Waals surface area contributed by atoms with Gasteiger partial charge in [-0.25, -0.2) is 9.78 Å². The van der Waals surface area contributed by atoms with Crippen LogP contribution in [-0.4, -0.2) is 22.1 Å². The molecule has 0 fully saturated rings. The molecule has 0 unspecified atom stereocenters. The van der Waals surface area contributed by atoms with E-state index in [-0.39, 0.29) is 16.9 Å². The lowest BCUT2D eigenvalue weighted by Gasteiger charge is -2.33. The molecule has 0 saturated carbocycles. The van der Waals surface area contributed by atoms with Gasteiger partial charge >= 0.3 is 5.97 Å². The molecule has 30 heavy (non-hydrogen) atoms. The molecule has 0 radical (unpaired) electrons. The largest absolute Gasteiger partial charge is 0.462 e. The number of thiophene rings is 1. The average molecular weight is 425 g/mol. The number of carbonyl (C=O) groups is 1. The first-order chi connectivity index (χ1) is 14.3. The van der Waals surface area contributed by atoms with Crippen LogP contribution < -0.4 is 5.56 Å². The summed E-state index contributed by atoms with van der Waals surface area (Å²) in [4.78, 5) is 32.1. The molecule has 0 saturated heterocycles. The fraction of sp³-hybridized carbons (Fsp3) is 0.458. The van der Waals surface area contributed by atoms with E-state index < -0.39 is 0 Å². The van der Waals surface area contributed by atoms with Gasteiger partial charge in [-0.2, -0.15) is 0 Å². The predicted molar refractivity (Wildman–Crippen MR) is 120 cm³/mol. The third-order valence-corrected chi connectivity index (χ3v) is 7.21. The Morgan fingerprint density at radius 2 is 2.13 bits per heavy atom. The standard InChI is InChI=1S/C24H28N2O3S/c1-5-29-23(28)16-8-6-7-15(11-16)13-26-14-25-21-20(22(26)27)18-10-9-17(24(2,3)4)12-19(18)30-21/h6-8,11,14,17H,5,9-10,12-13H2,1-4H3/t17-/m1/s1. The van der Waals surface area contributed by atoms with Crippen LogP contribution in [0.25, 0.3) is 10.2 Å². The molecule has 2 heterocycles. The zero-order valence-electron chi connectivity index (χ0n) is 18.0. The lowest BCUT2D eigenvalue weighted by Crippen LogP contribution is -2.27. The molecule has 0 bridgehead atoms. The van der Waals surface area contributed by atoms with Crippen molar-refractivity contribution in [3.8, 4) is 0 Å². The van der Waals surface area contributed by atoms with Gasteiger partial charge in [-0.3, -0.25) is 9.36 Å². The number of rotatable bonds is 4. The monoisotopic (exact) mass is 424 g/mol. The minimum atomic E-state index is -0.347. The van der Waals surface area contributed by atoms with Crippen LogP contribution in [0.5, 0.6) is 0 Å². The second kappa shape index (κ2) is 7.99. The summed E-state index contributed by atoms with van der Waals surface area (Å²) >= 11 is 1.67. The first-order valence-electron chi connectivity index (χ1n) is 10.5. The molecule has 1 aromatic carbocycles. The summed E-state index contributed by atoms with van der Waals surface area (Å²) in [5, 5.41) is 0.784. The number of carbonyl (C=O) groups excluding carboxylic acids is 1. The smallest absolute Gasteiger partial charge is 0.338 e. The fourth-order valence-electron chi connectivity index (χ4n) is 4.26. The Morgan fingerprint density at radius 3 is 2.87 bits per heavy atom. The molecule has 0 aliphatic heterocycles. The zero-order valence-corrected chi connectivity index (χ0v) is 18.8. The van der Waals surface area contributed by atoms with Gasteiger partial charge in [0.25, 0.3) is 5.56 Å². The topological polar surface area (TPSA) is 61.2 Å². The maximum absolute atomic E-state index is 13.3. The van der Waals surface area contributed by atoms with E-state index in [1.54, 1.807) is 41.3 Å². The Bertz CT molecular complexity index is 1150. The fourth-order valence-corrected chi connectivity index (χ4v) is 5.52. The first-order valence-corrected chi connectivity index (χ1v) is 11.3. The van der Waals surface area contributed by atoms with Crippen LogP contribution in [0.15, 0.2) is 35.4 Å². The van der Waals surface area contributed by atoms with E-state index in [1.807, 2.05) is 12.1 Å². The van der Waals surface area contributed by atoms with Gasteiger partial charge in [0.1, 0.15) is 4.83 Å². The molecule has 158 valence electrons. The van der Waals surface area contributed by atoms with E-state index in [0.29, 0.717) is 24.6 Å². The Kier molecular flexibility index (Phi) is 5.53. The molecule has 1 aliphatic rings. The van der Waals surface area contributed by atoms with Gasteiger partial charge < -0.3 is 4.74 Å². The van der Waals surface area contributed by atoms with Crippen LogP contribution in [-0.2, 0) is 24.1 Å². The molecular formula is C24H28N2O3S. The van der Waals surface area contributed by atoms with E-state index in [4.69, 9.17) is 4.74 Å². The number of benzene rings is 1. The quantitative estimate of drug-likeness (QED) is 0.563. The van der Waals surface area contributed by atoms with Crippen molar-refractivity contribution in [3.63, 3.8) is 0 Å². The SMILES string of the molecule is CCOC(=O)c1cccc(Cn2cnc3sc4c(c3c2=O)CC[C@@H](C(C)(C)C)C4)c1. The normalized spacial score (nSPS) is 16.5. The molecule has 0 amide bonds. The number of hydrogen-bond acceptors (Lipinski definition) is 5. The third-order valence-electron chi connectivity index (χ3n) is 6.05. The second-order valence-electron chi connectivity index (χ2n) is 9.09. The van der Waals surface area contributed by atoms with Gasteiger partial charge in [0.05, 0.1) is 30.4 Å². The Hall–Kier alpha value is -2.47. The van der Waals surface area contributed by atoms with Gasteiger partial charge in [0, 0.05) is 4.88 Å². The number of aryl methyl sites for hydroxylation is 1. The maximum Gasteiger partial charge on any atom is 0.338 e. The molecule has 3 aromatic rings. The molecule has 6 heteroatoms. The third kappa shape index (κ3) is 3.93. The minimum absolute atomic E-state index is 0.00764. The molecule has 5 nitrogen and oxygen atoms in total. The number of nitrogens with zero attached hydrogens (tertiary/aromatic N) is 2. The van der Waals surface area contributed by atoms with Crippen molar-refractivity contribution in [1.29, 1.82) is 0 Å². The second-order valence-corrected chi connectivity index (χ2v) is 10.2. The Balaban J connectivity index is 1.66. The number of hydrogen-bond donors (Lipinski definition) is 0. The zero-order chi connectivity index (χ0) is 21.5. The van der Waals surface area contributed by atoms with E-state index in [9.17, 15) is 9.59 Å². The lowest BCUT2D eigenvalue weighted by atomic mass is 9.72. The molecule has 4 rings (SSSR count). The van der Waals surface area contributed by atoms with Crippen molar-refractivity contribution in [2.75, 3.05) is 6.61 Å². The van der Waals surface area contributed by atoms with Gasteiger partial charge in [0.2, 0.25) is 0 Å². The van der Waals surface area contributed by atoms with Crippen molar-refractivity contribution in [2.45, 2.75) is 53.5 Å². The molecule has 1 atom stereocenters. The predicted octanol–water partition coefficient (Wildman–Crippen LogP) is 4.83. The van der Waals surface area contributed by atoms with Gasteiger partial charge in [-0.1, -0.05) is 32.9 Å². The highest BCUT2D eigenvalue weighted by molar-refractivity contribution is 7.18. The van der Waals surface area contributed by atoms with Crippen LogP contribution in [0.4, 0.5) is 0 Å². The highest BCUT2D eigenvalue weighted by Gasteiger charge is 2.31. The van der Waals surface area contributed by atoms with Crippen LogP contribution in [0.3, 0.4) is 0 Å². The van der Waals surface area contributed by atoms with E-state index in [2.05, 4.69) is 25.8 Å². The van der Waals surface area contributed by atoms with E-state index in [1.165, 1.54) is 10.4 Å². The molecule has 2 aromatic heterocycles. The van der Waals surface area contributed by atoms with E-state index in [0.717, 1.165) is 35.0 Å². The summed E-state index contributed by atoms with van der Waals surface area (Å²) in [6.07, 6.45) is 4.71. The summed E-state index contributed by atoms with van der Waals surface area (Å²) in [7, 11) is 0. The first kappa shape index (κ1) is 20.8. The van der Waals surface area contributed by atoms with Crippen LogP contribution in [0.2, 0.25) is 0 Å². The summed E-state index contributed by atoms with van der Waals surface area (Å²) in [6.45, 7) is 9.39. The number of esters is 1. The van der Waals surface area contributed by atoms with Crippen molar-refractivity contribution in [2.24, 2.45) is 11.3 Å². The van der Waals surface area contributed by atoms with Crippen LogP contribution in [0.1, 0.15) is 60.5 Å². The summed E-state index contributed by atoms with van der Waals surface area (Å²) < 4.78 is 6.73. The minimum Gasteiger partial charge on any atom is -0.462 e. The van der Waals surface area contributed by atoms with Gasteiger partial charge in [-0.15, -0.1) is 11.3 Å². The summed E-state index contributed by atoms with van der Waals surface area (Å²) in [5.74, 6) is 0.284. The summed E-state index contributed by atoms with van der Waals surface area (Å²) in [6, 6.07) is 7.24. The number of aromatic nitrogens is 2. The molecular weight excluding hydrogens is 396 g/mol. The number of fused-ring (bicyclic) bond motifs is 3. The van der Waals surface area contributed by atoms with E-state index >= 15 is 0 Å². The van der Waals surface area contributed by atoms with Crippen molar-refractivity contribution in [3.05, 3.63) is 62.5 Å². The Labute approximate surface area is 180 Å². The highest BCUT2D eigenvalue weighted by Crippen LogP contribution is 2.41. The molecule has 0 spiro atoms. The maximum atomic E-state index is 13.3. The summed E-state index contributed by atoms with van der Waals surface area (Å²) in [5.41, 5.74) is 2.85. The average Bonchev–Trinajstić information content (AvgIpc) is 3.08. The lowest BCUT2D eigenvalue weighted by molar-refractivity contribution is 0.0526. The van der Waals surface area contributed by atoms with Crippen LogP contribution in [0, 0.1) is 11.3 Å².